The molecule has 0 spiro atoms. The lowest BCUT2D eigenvalue weighted by atomic mass is 9.82. The van der Waals surface area contributed by atoms with Crippen LogP contribution in [-0.4, -0.2) is 12.6 Å². The van der Waals surface area contributed by atoms with E-state index in [1.807, 2.05) is 6.92 Å². The maximum absolute atomic E-state index is 11.0. The van der Waals surface area contributed by atoms with Crippen LogP contribution in [0, 0.1) is 5.41 Å². The lowest BCUT2D eigenvalue weighted by Gasteiger charge is -2.24. The Hall–Kier alpha value is -0.530. The molecule has 0 aliphatic carbocycles. The van der Waals surface area contributed by atoms with E-state index in [9.17, 15) is 4.79 Å². The van der Waals surface area contributed by atoms with Crippen molar-refractivity contribution < 1.29 is 9.53 Å². The zero-order valence-corrected chi connectivity index (χ0v) is 15.7. The third-order valence-corrected chi connectivity index (χ3v) is 4.51. The molecule has 22 heavy (non-hydrogen) atoms. The summed E-state index contributed by atoms with van der Waals surface area (Å²) in [6, 6.07) is 0. The zero-order valence-electron chi connectivity index (χ0n) is 15.7. The van der Waals surface area contributed by atoms with Crippen molar-refractivity contribution in [3.8, 4) is 0 Å². The van der Waals surface area contributed by atoms with Gasteiger partial charge in [0.25, 0.3) is 0 Å². The minimum atomic E-state index is -0.0680. The summed E-state index contributed by atoms with van der Waals surface area (Å²) < 4.78 is 5.08. The third kappa shape index (κ3) is 14.4. The quantitative estimate of drug-likeness (QED) is 0.249. The summed E-state index contributed by atoms with van der Waals surface area (Å²) in [5.74, 6) is -0.0680. The van der Waals surface area contributed by atoms with Crippen LogP contribution in [0.25, 0.3) is 0 Å². The molecular weight excluding hydrogens is 272 g/mol. The average Bonchev–Trinajstić information content (AvgIpc) is 2.48. The lowest BCUT2D eigenvalue weighted by molar-refractivity contribution is -0.143. The van der Waals surface area contributed by atoms with Crippen LogP contribution in [-0.2, 0) is 9.53 Å². The summed E-state index contributed by atoms with van der Waals surface area (Å²) in [4.78, 5) is 11.0. The Morgan fingerprint density at radius 3 is 1.82 bits per heavy atom. The molecule has 0 aliphatic rings. The van der Waals surface area contributed by atoms with E-state index in [0.717, 1.165) is 6.42 Å². The van der Waals surface area contributed by atoms with Gasteiger partial charge in [0.05, 0.1) is 6.61 Å². The van der Waals surface area contributed by atoms with Crippen molar-refractivity contribution in [1.29, 1.82) is 0 Å². The third-order valence-electron chi connectivity index (χ3n) is 4.51. The summed E-state index contributed by atoms with van der Waals surface area (Å²) in [6.07, 6.45) is 16.3. The number of carbonyl (C=O) groups is 1. The Morgan fingerprint density at radius 2 is 1.27 bits per heavy atom. The second-order valence-corrected chi connectivity index (χ2v) is 7.42. The average molecular weight is 313 g/mol. The maximum atomic E-state index is 11.0. The summed E-state index contributed by atoms with van der Waals surface area (Å²) >= 11 is 0. The van der Waals surface area contributed by atoms with E-state index in [4.69, 9.17) is 4.74 Å². The van der Waals surface area contributed by atoms with Gasteiger partial charge in [-0.2, -0.15) is 0 Å². The number of rotatable bonds is 15. The van der Waals surface area contributed by atoms with Gasteiger partial charge < -0.3 is 4.74 Å². The van der Waals surface area contributed by atoms with Crippen molar-refractivity contribution in [3.63, 3.8) is 0 Å². The summed E-state index contributed by atoms with van der Waals surface area (Å²) in [6.45, 7) is 9.59. The highest BCUT2D eigenvalue weighted by atomic mass is 16.5. The summed E-state index contributed by atoms with van der Waals surface area (Å²) in [5, 5.41) is 0. The predicted octanol–water partition coefficient (Wildman–Crippen LogP) is 6.67. The number of hydrogen-bond donors (Lipinski definition) is 0. The molecule has 0 bridgehead atoms. The first-order valence-corrected chi connectivity index (χ1v) is 9.67. The maximum Gasteiger partial charge on any atom is 0.305 e. The molecule has 0 aliphatic heterocycles. The van der Waals surface area contributed by atoms with E-state index in [0.29, 0.717) is 18.4 Å². The topological polar surface area (TPSA) is 26.3 Å². The fourth-order valence-corrected chi connectivity index (χ4v) is 2.86. The van der Waals surface area contributed by atoms with Crippen LogP contribution < -0.4 is 0 Å². The van der Waals surface area contributed by atoms with E-state index < -0.39 is 0 Å². The molecule has 132 valence electrons. The first-order valence-electron chi connectivity index (χ1n) is 9.67. The standard InChI is InChI=1S/C20H40O2/c1-5-7-13-16-20(3,4)17-14-11-9-8-10-12-15-18-22-19(21)6-2/h5-18H2,1-4H3. The van der Waals surface area contributed by atoms with Crippen LogP contribution in [0.4, 0.5) is 0 Å². The number of hydrogen-bond acceptors (Lipinski definition) is 2. The lowest BCUT2D eigenvalue weighted by Crippen LogP contribution is -2.10. The Labute approximate surface area is 139 Å². The molecule has 0 saturated heterocycles. The zero-order chi connectivity index (χ0) is 16.7. The molecule has 0 fully saturated rings. The van der Waals surface area contributed by atoms with Gasteiger partial charge in [0.2, 0.25) is 0 Å². The van der Waals surface area contributed by atoms with Gasteiger partial charge in [-0.05, 0) is 24.7 Å². The minimum Gasteiger partial charge on any atom is -0.466 e. The number of unbranched alkanes of at least 4 members (excludes halogenated alkanes) is 8. The molecule has 0 rings (SSSR count). The van der Waals surface area contributed by atoms with Crippen molar-refractivity contribution in [2.45, 2.75) is 111 Å². The molecule has 0 aromatic carbocycles. The SMILES string of the molecule is CCCCCC(C)(C)CCCCCCCCCOC(=O)CC. The molecule has 0 N–H and O–H groups in total. The van der Waals surface area contributed by atoms with Crippen molar-refractivity contribution in [2.24, 2.45) is 5.41 Å². The summed E-state index contributed by atoms with van der Waals surface area (Å²) in [7, 11) is 0. The van der Waals surface area contributed by atoms with Gasteiger partial charge >= 0.3 is 5.97 Å². The van der Waals surface area contributed by atoms with Gasteiger partial charge in [-0.3, -0.25) is 4.79 Å². The van der Waals surface area contributed by atoms with E-state index in [2.05, 4.69) is 20.8 Å². The predicted molar refractivity (Wildman–Crippen MR) is 96.1 cm³/mol. The molecule has 0 atom stereocenters. The van der Waals surface area contributed by atoms with Crippen LogP contribution in [0.2, 0.25) is 0 Å². The fraction of sp³-hybridized carbons (Fsp3) is 0.950. The highest BCUT2D eigenvalue weighted by molar-refractivity contribution is 5.68. The van der Waals surface area contributed by atoms with Gasteiger partial charge in [-0.15, -0.1) is 0 Å². The Morgan fingerprint density at radius 1 is 0.773 bits per heavy atom. The molecule has 0 aromatic rings. The molecule has 0 heterocycles. The molecule has 0 unspecified atom stereocenters. The minimum absolute atomic E-state index is 0.0680. The van der Waals surface area contributed by atoms with Crippen LogP contribution in [0.15, 0.2) is 0 Å². The van der Waals surface area contributed by atoms with Crippen LogP contribution in [0.3, 0.4) is 0 Å². The number of ether oxygens (including phenoxy) is 1. The Bertz CT molecular complexity index is 258. The van der Waals surface area contributed by atoms with Crippen LogP contribution in [0.1, 0.15) is 111 Å². The Balaban J connectivity index is 3.30. The first-order chi connectivity index (χ1) is 10.5. The first kappa shape index (κ1) is 21.5. The van der Waals surface area contributed by atoms with Crippen molar-refractivity contribution in [3.05, 3.63) is 0 Å². The Kier molecular flexibility index (Phi) is 13.7. The van der Waals surface area contributed by atoms with E-state index in [1.54, 1.807) is 0 Å². The fourth-order valence-electron chi connectivity index (χ4n) is 2.86. The number of carbonyl (C=O) groups excluding carboxylic acids is 1. The van der Waals surface area contributed by atoms with Crippen LogP contribution >= 0.6 is 0 Å². The van der Waals surface area contributed by atoms with Crippen molar-refractivity contribution in [2.75, 3.05) is 6.61 Å². The number of esters is 1. The van der Waals surface area contributed by atoms with Gasteiger partial charge in [-0.1, -0.05) is 85.5 Å². The molecule has 0 amide bonds. The van der Waals surface area contributed by atoms with E-state index >= 15 is 0 Å². The normalized spacial score (nSPS) is 11.6. The van der Waals surface area contributed by atoms with Gasteiger partial charge in [0.15, 0.2) is 0 Å². The molecule has 0 aromatic heterocycles. The molecule has 2 heteroatoms. The largest absolute Gasteiger partial charge is 0.466 e. The second-order valence-electron chi connectivity index (χ2n) is 7.42. The monoisotopic (exact) mass is 312 g/mol. The van der Waals surface area contributed by atoms with Gasteiger partial charge in [-0.25, -0.2) is 0 Å². The summed E-state index contributed by atoms with van der Waals surface area (Å²) in [5.41, 5.74) is 0.540. The molecule has 2 nitrogen and oxygen atoms in total. The van der Waals surface area contributed by atoms with Crippen molar-refractivity contribution in [1.82, 2.24) is 0 Å². The molecule has 0 radical (unpaired) electrons. The molecule has 0 saturated carbocycles. The highest BCUT2D eigenvalue weighted by Gasteiger charge is 2.16. The van der Waals surface area contributed by atoms with Gasteiger partial charge in [0, 0.05) is 6.42 Å². The van der Waals surface area contributed by atoms with Crippen molar-refractivity contribution >= 4 is 5.97 Å². The second kappa shape index (κ2) is 14.1. The van der Waals surface area contributed by atoms with Crippen LogP contribution in [0.5, 0.6) is 0 Å². The van der Waals surface area contributed by atoms with E-state index in [1.165, 1.54) is 70.6 Å². The smallest absolute Gasteiger partial charge is 0.305 e. The highest BCUT2D eigenvalue weighted by Crippen LogP contribution is 2.30. The molecular formula is C20H40O2. The van der Waals surface area contributed by atoms with Gasteiger partial charge in [0.1, 0.15) is 0 Å². The van der Waals surface area contributed by atoms with E-state index in [-0.39, 0.29) is 5.97 Å².